The number of hydrogen-bond donors (Lipinski definition) is 1. The zero-order valence-corrected chi connectivity index (χ0v) is 19.9. The zero-order chi connectivity index (χ0) is 24.4. The van der Waals surface area contributed by atoms with Crippen LogP contribution in [0.4, 0.5) is 0 Å². The number of aryl methyl sites for hydroxylation is 1. The SMILES string of the molecule is C(=Cc1cccc(OCc2ccc3ccccc3n2)c1)c1cccc(OCCCCc2nn[nH]n2)c1. The molecule has 0 radical (unpaired) electrons. The Kier molecular flexibility index (Phi) is 7.58. The molecule has 2 aromatic heterocycles. The highest BCUT2D eigenvalue weighted by atomic mass is 16.5. The maximum Gasteiger partial charge on any atom is 0.174 e. The standard InChI is InChI=1S/C29H27N5O2/c1-2-12-28-24(9-1)16-17-25(30-28)21-36-27-11-6-8-23(20-27)15-14-22-7-5-10-26(19-22)35-18-4-3-13-29-31-33-34-32-29/h1-2,5-12,14-17,19-20H,3-4,13,18,21H2,(H,31,32,33,34). The summed E-state index contributed by atoms with van der Waals surface area (Å²) in [4.78, 5) is 4.68. The molecular weight excluding hydrogens is 450 g/mol. The molecule has 0 unspecified atom stereocenters. The van der Waals surface area contributed by atoms with Crippen LogP contribution in [0.5, 0.6) is 11.5 Å². The fourth-order valence-corrected chi connectivity index (χ4v) is 3.82. The van der Waals surface area contributed by atoms with Crippen LogP contribution in [0.25, 0.3) is 23.1 Å². The molecule has 0 aliphatic heterocycles. The van der Waals surface area contributed by atoms with Crippen LogP contribution in [0.15, 0.2) is 84.9 Å². The Labute approximate surface area is 209 Å². The van der Waals surface area contributed by atoms with E-state index in [0.717, 1.165) is 64.3 Å². The largest absolute Gasteiger partial charge is 0.494 e. The van der Waals surface area contributed by atoms with Gasteiger partial charge < -0.3 is 9.47 Å². The Morgan fingerprint density at radius 2 is 1.53 bits per heavy atom. The number of aromatic nitrogens is 5. The van der Waals surface area contributed by atoms with Gasteiger partial charge in [0.15, 0.2) is 5.82 Å². The van der Waals surface area contributed by atoms with Crippen molar-refractivity contribution in [3.05, 3.63) is 108 Å². The van der Waals surface area contributed by atoms with Crippen molar-refractivity contribution in [2.45, 2.75) is 25.9 Å². The minimum absolute atomic E-state index is 0.423. The van der Waals surface area contributed by atoms with Gasteiger partial charge in [-0.3, -0.25) is 0 Å². The summed E-state index contributed by atoms with van der Waals surface area (Å²) < 4.78 is 11.9. The molecule has 0 atom stereocenters. The first-order valence-electron chi connectivity index (χ1n) is 12.0. The predicted molar refractivity (Wildman–Crippen MR) is 140 cm³/mol. The number of nitrogens with zero attached hydrogens (tertiary/aromatic N) is 4. The highest BCUT2D eigenvalue weighted by Crippen LogP contribution is 2.20. The van der Waals surface area contributed by atoms with E-state index in [1.807, 2.05) is 60.7 Å². The van der Waals surface area contributed by atoms with Crippen molar-refractivity contribution in [2.75, 3.05) is 6.61 Å². The van der Waals surface area contributed by atoms with E-state index in [-0.39, 0.29) is 0 Å². The highest BCUT2D eigenvalue weighted by Gasteiger charge is 2.02. The second-order valence-corrected chi connectivity index (χ2v) is 8.40. The van der Waals surface area contributed by atoms with E-state index in [0.29, 0.717) is 13.2 Å². The van der Waals surface area contributed by atoms with Crippen molar-refractivity contribution in [3.8, 4) is 11.5 Å². The fraction of sp³-hybridized carbons (Fsp3) is 0.172. The van der Waals surface area contributed by atoms with E-state index >= 15 is 0 Å². The maximum atomic E-state index is 6.01. The molecule has 0 saturated carbocycles. The molecule has 0 amide bonds. The molecule has 3 aromatic carbocycles. The zero-order valence-electron chi connectivity index (χ0n) is 19.9. The Morgan fingerprint density at radius 3 is 2.31 bits per heavy atom. The number of ether oxygens (including phenoxy) is 2. The Bertz CT molecular complexity index is 1430. The van der Waals surface area contributed by atoms with Crippen molar-refractivity contribution in [1.82, 2.24) is 25.6 Å². The summed E-state index contributed by atoms with van der Waals surface area (Å²) in [5.41, 5.74) is 4.02. The fourth-order valence-electron chi connectivity index (χ4n) is 3.82. The Balaban J connectivity index is 1.13. The van der Waals surface area contributed by atoms with Gasteiger partial charge in [0.1, 0.15) is 18.1 Å². The maximum absolute atomic E-state index is 6.01. The average Bonchev–Trinajstić information content (AvgIpc) is 3.45. The van der Waals surface area contributed by atoms with Crippen LogP contribution in [0, 0.1) is 0 Å². The average molecular weight is 478 g/mol. The molecule has 5 aromatic rings. The molecule has 2 heterocycles. The molecule has 0 aliphatic rings. The summed E-state index contributed by atoms with van der Waals surface area (Å²) in [6.45, 7) is 1.07. The molecule has 0 aliphatic carbocycles. The van der Waals surface area contributed by atoms with E-state index in [1.54, 1.807) is 0 Å². The third-order valence-electron chi connectivity index (χ3n) is 5.68. The van der Waals surface area contributed by atoms with E-state index in [4.69, 9.17) is 9.47 Å². The lowest BCUT2D eigenvalue weighted by Crippen LogP contribution is -1.99. The number of rotatable bonds is 11. The first-order valence-corrected chi connectivity index (χ1v) is 12.0. The molecule has 0 saturated heterocycles. The van der Waals surface area contributed by atoms with Gasteiger partial charge in [-0.15, -0.1) is 10.2 Å². The Hall–Kier alpha value is -4.52. The molecule has 7 nitrogen and oxygen atoms in total. The topological polar surface area (TPSA) is 85.8 Å². The van der Waals surface area contributed by atoms with Crippen LogP contribution >= 0.6 is 0 Å². The molecule has 5 rings (SSSR count). The van der Waals surface area contributed by atoms with Crippen LogP contribution in [-0.4, -0.2) is 32.2 Å². The predicted octanol–water partition coefficient (Wildman–Crippen LogP) is 5.90. The van der Waals surface area contributed by atoms with Crippen LogP contribution < -0.4 is 9.47 Å². The first kappa shape index (κ1) is 23.2. The summed E-state index contributed by atoms with van der Waals surface area (Å²) in [5, 5.41) is 15.1. The monoisotopic (exact) mass is 477 g/mol. The minimum Gasteiger partial charge on any atom is -0.494 e. The second-order valence-electron chi connectivity index (χ2n) is 8.40. The van der Waals surface area contributed by atoms with Gasteiger partial charge in [0.05, 0.1) is 17.8 Å². The van der Waals surface area contributed by atoms with Gasteiger partial charge in [-0.05, 0) is 60.4 Å². The van der Waals surface area contributed by atoms with Crippen molar-refractivity contribution in [3.63, 3.8) is 0 Å². The summed E-state index contributed by atoms with van der Waals surface area (Å²) in [5.74, 6) is 2.41. The number of H-pyrrole nitrogens is 1. The van der Waals surface area contributed by atoms with Crippen molar-refractivity contribution < 1.29 is 9.47 Å². The number of fused-ring (bicyclic) bond motifs is 1. The van der Waals surface area contributed by atoms with Crippen LogP contribution in [0.2, 0.25) is 0 Å². The molecule has 7 heteroatoms. The highest BCUT2D eigenvalue weighted by molar-refractivity contribution is 5.78. The number of hydrogen-bond acceptors (Lipinski definition) is 6. The Morgan fingerprint density at radius 1 is 0.750 bits per heavy atom. The molecule has 180 valence electrons. The molecular formula is C29H27N5O2. The molecule has 36 heavy (non-hydrogen) atoms. The number of para-hydroxylation sites is 1. The molecule has 0 fully saturated rings. The number of unbranched alkanes of at least 4 members (excludes halogenated alkanes) is 1. The quantitative estimate of drug-likeness (QED) is 0.188. The molecule has 0 bridgehead atoms. The van der Waals surface area contributed by atoms with Crippen LogP contribution in [0.3, 0.4) is 0 Å². The van der Waals surface area contributed by atoms with Gasteiger partial charge in [0.25, 0.3) is 0 Å². The summed E-state index contributed by atoms with van der Waals surface area (Å²) >= 11 is 0. The van der Waals surface area contributed by atoms with Gasteiger partial charge in [0, 0.05) is 11.8 Å². The smallest absolute Gasteiger partial charge is 0.174 e. The van der Waals surface area contributed by atoms with Gasteiger partial charge in [-0.25, -0.2) is 4.98 Å². The van der Waals surface area contributed by atoms with Crippen molar-refractivity contribution >= 4 is 23.1 Å². The lowest BCUT2D eigenvalue weighted by atomic mass is 10.1. The van der Waals surface area contributed by atoms with Crippen LogP contribution in [-0.2, 0) is 13.0 Å². The lowest BCUT2D eigenvalue weighted by molar-refractivity contribution is 0.302. The minimum atomic E-state index is 0.423. The summed E-state index contributed by atoms with van der Waals surface area (Å²) in [6, 6.07) is 28.3. The number of benzene rings is 3. The third kappa shape index (κ3) is 6.54. The van der Waals surface area contributed by atoms with Crippen molar-refractivity contribution in [2.24, 2.45) is 0 Å². The van der Waals surface area contributed by atoms with E-state index in [9.17, 15) is 0 Å². The lowest BCUT2D eigenvalue weighted by Gasteiger charge is -2.08. The number of aromatic amines is 1. The van der Waals surface area contributed by atoms with Crippen LogP contribution in [0.1, 0.15) is 35.5 Å². The summed E-state index contributed by atoms with van der Waals surface area (Å²) in [7, 11) is 0. The second kappa shape index (κ2) is 11.8. The van der Waals surface area contributed by atoms with E-state index in [2.05, 4.69) is 62.0 Å². The van der Waals surface area contributed by atoms with Gasteiger partial charge in [0.2, 0.25) is 0 Å². The van der Waals surface area contributed by atoms with Gasteiger partial charge >= 0.3 is 0 Å². The van der Waals surface area contributed by atoms with Gasteiger partial charge in [-0.2, -0.15) is 5.21 Å². The number of nitrogens with one attached hydrogen (secondary N) is 1. The summed E-state index contributed by atoms with van der Waals surface area (Å²) in [6.07, 6.45) is 6.83. The van der Waals surface area contributed by atoms with Crippen molar-refractivity contribution in [1.29, 1.82) is 0 Å². The molecule has 0 spiro atoms. The third-order valence-corrected chi connectivity index (χ3v) is 5.68. The van der Waals surface area contributed by atoms with E-state index in [1.165, 1.54) is 0 Å². The number of tetrazole rings is 1. The number of pyridine rings is 1. The first-order chi connectivity index (χ1) is 17.8. The normalized spacial score (nSPS) is 11.2. The molecule has 1 N–H and O–H groups in total. The van der Waals surface area contributed by atoms with Gasteiger partial charge in [-0.1, -0.05) is 65.9 Å². The van der Waals surface area contributed by atoms with E-state index < -0.39 is 0 Å².